The van der Waals surface area contributed by atoms with Crippen molar-refractivity contribution >= 4 is 23.2 Å². The van der Waals surface area contributed by atoms with Gasteiger partial charge in [-0.15, -0.1) is 11.6 Å². The Bertz CT molecular complexity index is 393. The van der Waals surface area contributed by atoms with E-state index in [1.54, 1.807) is 0 Å². The Morgan fingerprint density at radius 1 is 1.53 bits per heavy atom. The summed E-state index contributed by atoms with van der Waals surface area (Å²) >= 11 is 5.47. The third kappa shape index (κ3) is 4.27. The molecule has 0 fully saturated rings. The zero-order chi connectivity index (χ0) is 12.8. The number of carbonyl (C=O) groups excluding carboxylic acids is 1. The molecule has 1 rings (SSSR count). The first-order chi connectivity index (χ1) is 8.06. The SMILES string of the molecule is CCC(C)Oc1ccc(C)cc1NC(=O)CCl. The topological polar surface area (TPSA) is 38.3 Å². The third-order valence-corrected chi connectivity index (χ3v) is 2.68. The lowest BCUT2D eigenvalue weighted by Crippen LogP contribution is -2.16. The molecular weight excluding hydrogens is 238 g/mol. The molecule has 17 heavy (non-hydrogen) atoms. The number of alkyl halides is 1. The maximum atomic E-state index is 11.3. The predicted molar refractivity (Wildman–Crippen MR) is 70.9 cm³/mol. The molecule has 0 bridgehead atoms. The van der Waals surface area contributed by atoms with Crippen LogP contribution in [-0.2, 0) is 4.79 Å². The number of nitrogens with one attached hydrogen (secondary N) is 1. The summed E-state index contributed by atoms with van der Waals surface area (Å²) in [7, 11) is 0. The van der Waals surface area contributed by atoms with Crippen molar-refractivity contribution in [3.63, 3.8) is 0 Å². The Morgan fingerprint density at radius 3 is 2.82 bits per heavy atom. The number of benzene rings is 1. The highest BCUT2D eigenvalue weighted by Gasteiger charge is 2.09. The van der Waals surface area contributed by atoms with Crippen LogP contribution >= 0.6 is 11.6 Å². The fourth-order valence-corrected chi connectivity index (χ4v) is 1.39. The highest BCUT2D eigenvalue weighted by Crippen LogP contribution is 2.27. The molecule has 0 radical (unpaired) electrons. The second-order valence-corrected chi connectivity index (χ2v) is 4.29. The molecule has 0 aromatic heterocycles. The van der Waals surface area contributed by atoms with Crippen molar-refractivity contribution in [3.05, 3.63) is 23.8 Å². The number of amides is 1. The Morgan fingerprint density at radius 2 is 2.24 bits per heavy atom. The van der Waals surface area contributed by atoms with Gasteiger partial charge in [-0.2, -0.15) is 0 Å². The Labute approximate surface area is 107 Å². The van der Waals surface area contributed by atoms with Gasteiger partial charge in [0.25, 0.3) is 0 Å². The monoisotopic (exact) mass is 255 g/mol. The number of rotatable bonds is 5. The summed E-state index contributed by atoms with van der Waals surface area (Å²) in [5, 5.41) is 2.73. The van der Waals surface area contributed by atoms with Crippen molar-refractivity contribution in [2.24, 2.45) is 0 Å². The molecular formula is C13H18ClNO2. The molecule has 1 aromatic rings. The van der Waals surface area contributed by atoms with Crippen molar-refractivity contribution in [1.82, 2.24) is 0 Å². The van der Waals surface area contributed by atoms with E-state index in [1.807, 2.05) is 32.0 Å². The van der Waals surface area contributed by atoms with Crippen molar-refractivity contribution in [3.8, 4) is 5.75 Å². The van der Waals surface area contributed by atoms with Crippen LogP contribution in [0.25, 0.3) is 0 Å². The minimum atomic E-state index is -0.230. The molecule has 0 saturated heterocycles. The van der Waals surface area contributed by atoms with Gasteiger partial charge in [-0.05, 0) is 38.0 Å². The normalized spacial score (nSPS) is 12.0. The third-order valence-electron chi connectivity index (χ3n) is 2.43. The van der Waals surface area contributed by atoms with Crippen molar-refractivity contribution in [2.75, 3.05) is 11.2 Å². The second-order valence-electron chi connectivity index (χ2n) is 4.02. The molecule has 1 aromatic carbocycles. The van der Waals surface area contributed by atoms with E-state index >= 15 is 0 Å². The van der Waals surface area contributed by atoms with E-state index in [2.05, 4.69) is 12.2 Å². The number of hydrogen-bond acceptors (Lipinski definition) is 2. The van der Waals surface area contributed by atoms with Crippen molar-refractivity contribution in [1.29, 1.82) is 0 Å². The number of carbonyl (C=O) groups is 1. The number of hydrogen-bond donors (Lipinski definition) is 1. The minimum absolute atomic E-state index is 0.0588. The average Bonchev–Trinajstić information content (AvgIpc) is 2.32. The summed E-state index contributed by atoms with van der Waals surface area (Å²) < 4.78 is 5.74. The van der Waals surface area contributed by atoms with Crippen LogP contribution in [0.15, 0.2) is 18.2 Å². The summed E-state index contributed by atoms with van der Waals surface area (Å²) in [5.74, 6) is 0.395. The van der Waals surface area contributed by atoms with Gasteiger partial charge in [-0.1, -0.05) is 13.0 Å². The molecule has 94 valence electrons. The van der Waals surface area contributed by atoms with E-state index < -0.39 is 0 Å². The van der Waals surface area contributed by atoms with E-state index in [4.69, 9.17) is 16.3 Å². The summed E-state index contributed by atoms with van der Waals surface area (Å²) in [6.07, 6.45) is 1.03. The van der Waals surface area contributed by atoms with Gasteiger partial charge in [-0.3, -0.25) is 4.79 Å². The summed E-state index contributed by atoms with van der Waals surface area (Å²) in [4.78, 5) is 11.3. The van der Waals surface area contributed by atoms with Gasteiger partial charge in [0.15, 0.2) is 0 Å². The fraction of sp³-hybridized carbons (Fsp3) is 0.462. The summed E-state index contributed by atoms with van der Waals surface area (Å²) in [5.41, 5.74) is 1.74. The maximum absolute atomic E-state index is 11.3. The van der Waals surface area contributed by atoms with Crippen LogP contribution in [-0.4, -0.2) is 17.9 Å². The van der Waals surface area contributed by atoms with E-state index in [-0.39, 0.29) is 17.9 Å². The molecule has 1 N–H and O–H groups in total. The molecule has 0 aliphatic rings. The van der Waals surface area contributed by atoms with Gasteiger partial charge < -0.3 is 10.1 Å². The van der Waals surface area contributed by atoms with Crippen LogP contribution < -0.4 is 10.1 Å². The van der Waals surface area contributed by atoms with Crippen LogP contribution in [0.4, 0.5) is 5.69 Å². The molecule has 1 amide bonds. The highest BCUT2D eigenvalue weighted by molar-refractivity contribution is 6.29. The Hall–Kier alpha value is -1.22. The number of halogens is 1. The lowest BCUT2D eigenvalue weighted by molar-refractivity contribution is -0.113. The van der Waals surface area contributed by atoms with Crippen molar-refractivity contribution < 1.29 is 9.53 Å². The Kier molecular flexibility index (Phi) is 5.29. The van der Waals surface area contributed by atoms with Crippen LogP contribution in [0, 0.1) is 6.92 Å². The zero-order valence-electron chi connectivity index (χ0n) is 10.4. The smallest absolute Gasteiger partial charge is 0.239 e. The molecule has 3 nitrogen and oxygen atoms in total. The van der Waals surface area contributed by atoms with E-state index in [1.165, 1.54) is 0 Å². The average molecular weight is 256 g/mol. The molecule has 1 unspecified atom stereocenters. The lowest BCUT2D eigenvalue weighted by atomic mass is 10.2. The van der Waals surface area contributed by atoms with Gasteiger partial charge in [-0.25, -0.2) is 0 Å². The largest absolute Gasteiger partial charge is 0.489 e. The van der Waals surface area contributed by atoms with Gasteiger partial charge in [0.1, 0.15) is 11.6 Å². The highest BCUT2D eigenvalue weighted by atomic mass is 35.5. The van der Waals surface area contributed by atoms with E-state index in [0.717, 1.165) is 12.0 Å². The minimum Gasteiger partial charge on any atom is -0.489 e. The summed E-state index contributed by atoms with van der Waals surface area (Å²) in [6.45, 7) is 6.01. The quantitative estimate of drug-likeness (QED) is 0.820. The van der Waals surface area contributed by atoms with Gasteiger partial charge in [0.05, 0.1) is 11.8 Å². The molecule has 1 atom stereocenters. The van der Waals surface area contributed by atoms with E-state index in [9.17, 15) is 4.79 Å². The fourth-order valence-electron chi connectivity index (χ4n) is 1.33. The molecule has 0 aliphatic heterocycles. The molecule has 0 spiro atoms. The van der Waals surface area contributed by atoms with Crippen LogP contribution in [0.1, 0.15) is 25.8 Å². The molecule has 0 heterocycles. The van der Waals surface area contributed by atoms with Crippen LogP contribution in [0.5, 0.6) is 5.75 Å². The van der Waals surface area contributed by atoms with Crippen LogP contribution in [0.2, 0.25) is 0 Å². The first-order valence-corrected chi connectivity index (χ1v) is 6.23. The second kappa shape index (κ2) is 6.50. The van der Waals surface area contributed by atoms with Crippen molar-refractivity contribution in [2.45, 2.75) is 33.3 Å². The first kappa shape index (κ1) is 13.8. The standard InChI is InChI=1S/C13H18ClNO2/c1-4-10(3)17-12-6-5-9(2)7-11(12)15-13(16)8-14/h5-7,10H,4,8H2,1-3H3,(H,15,16). The van der Waals surface area contributed by atoms with E-state index in [0.29, 0.717) is 11.4 Å². The predicted octanol–water partition coefficient (Wildman–Crippen LogP) is 3.35. The number of aryl methyl sites for hydroxylation is 1. The maximum Gasteiger partial charge on any atom is 0.239 e. The zero-order valence-corrected chi connectivity index (χ0v) is 11.2. The van der Waals surface area contributed by atoms with Gasteiger partial charge in [0.2, 0.25) is 5.91 Å². The molecule has 0 aliphatic carbocycles. The molecule has 4 heteroatoms. The number of anilines is 1. The lowest BCUT2D eigenvalue weighted by Gasteiger charge is -2.16. The number of ether oxygens (including phenoxy) is 1. The van der Waals surface area contributed by atoms with Gasteiger partial charge in [0, 0.05) is 0 Å². The first-order valence-electron chi connectivity index (χ1n) is 5.70. The van der Waals surface area contributed by atoms with Crippen LogP contribution in [0.3, 0.4) is 0 Å². The molecule has 0 saturated carbocycles. The Balaban J connectivity index is 2.91. The summed E-state index contributed by atoms with van der Waals surface area (Å²) in [6, 6.07) is 5.70. The van der Waals surface area contributed by atoms with Gasteiger partial charge >= 0.3 is 0 Å².